The number of likely N-dealkylation sites (tertiary alicyclic amines) is 1. The van der Waals surface area contributed by atoms with Crippen LogP contribution in [0.5, 0.6) is 0 Å². The second-order valence-electron chi connectivity index (χ2n) is 7.59. The Morgan fingerprint density at radius 3 is 2.62 bits per heavy atom. The van der Waals surface area contributed by atoms with Gasteiger partial charge in [0.15, 0.2) is 0 Å². The fourth-order valence-electron chi connectivity index (χ4n) is 3.45. The zero-order chi connectivity index (χ0) is 22.7. The first kappa shape index (κ1) is 22.2. The van der Waals surface area contributed by atoms with Crippen molar-refractivity contribution < 1.29 is 14.0 Å². The van der Waals surface area contributed by atoms with Gasteiger partial charge in [-0.05, 0) is 61.7 Å². The van der Waals surface area contributed by atoms with Gasteiger partial charge >= 0.3 is 6.03 Å². The van der Waals surface area contributed by atoms with Crippen LogP contribution in [0.1, 0.15) is 39.1 Å². The van der Waals surface area contributed by atoms with Crippen LogP contribution in [0.2, 0.25) is 5.02 Å². The Balaban J connectivity index is 1.38. The van der Waals surface area contributed by atoms with Crippen LogP contribution >= 0.6 is 22.9 Å². The molecule has 1 atom stereocenters. The van der Waals surface area contributed by atoms with Crippen molar-refractivity contribution in [3.8, 4) is 0 Å². The number of urea groups is 1. The highest BCUT2D eigenvalue weighted by Crippen LogP contribution is 2.30. The van der Waals surface area contributed by atoms with E-state index in [-0.39, 0.29) is 22.8 Å². The number of carbonyl (C=O) groups excluding carboxylic acids is 2. The van der Waals surface area contributed by atoms with Gasteiger partial charge in [0.2, 0.25) is 5.01 Å². The SMILES string of the molecule is Cc1ccc(NC(=O)N2CCC[C@H](c3nnc(C(=O)Nc4ccc(F)cc4)s3)C2)cc1Cl. The van der Waals surface area contributed by atoms with Gasteiger partial charge in [-0.2, -0.15) is 0 Å². The lowest BCUT2D eigenvalue weighted by Gasteiger charge is -2.31. The average Bonchev–Trinajstić information content (AvgIpc) is 3.28. The second kappa shape index (κ2) is 9.62. The van der Waals surface area contributed by atoms with Crippen LogP contribution in [0.15, 0.2) is 42.5 Å². The van der Waals surface area contributed by atoms with Crippen molar-refractivity contribution in [3.05, 3.63) is 68.9 Å². The fraction of sp³-hybridized carbons (Fsp3) is 0.273. The molecule has 0 radical (unpaired) electrons. The lowest BCUT2D eigenvalue weighted by molar-refractivity contribution is 0.102. The zero-order valence-corrected chi connectivity index (χ0v) is 18.8. The van der Waals surface area contributed by atoms with Crippen LogP contribution in [-0.2, 0) is 0 Å². The molecule has 2 N–H and O–H groups in total. The molecule has 4 rings (SSSR count). The summed E-state index contributed by atoms with van der Waals surface area (Å²) < 4.78 is 13.0. The number of halogens is 2. The Morgan fingerprint density at radius 2 is 1.88 bits per heavy atom. The molecule has 3 aromatic rings. The minimum absolute atomic E-state index is 0.000905. The number of carbonyl (C=O) groups is 2. The molecule has 0 aliphatic carbocycles. The van der Waals surface area contributed by atoms with E-state index in [4.69, 9.17) is 11.6 Å². The first-order valence-electron chi connectivity index (χ1n) is 10.1. The average molecular weight is 474 g/mol. The molecule has 0 unspecified atom stereocenters. The molecular formula is C22H21ClFN5O2S. The zero-order valence-electron chi connectivity index (χ0n) is 17.3. The maximum Gasteiger partial charge on any atom is 0.321 e. The van der Waals surface area contributed by atoms with Crippen LogP contribution in [0.4, 0.5) is 20.6 Å². The number of hydrogen-bond donors (Lipinski definition) is 2. The third-order valence-electron chi connectivity index (χ3n) is 5.22. The smallest absolute Gasteiger partial charge is 0.321 e. The quantitative estimate of drug-likeness (QED) is 0.538. The number of hydrogen-bond acceptors (Lipinski definition) is 5. The highest BCUT2D eigenvalue weighted by atomic mass is 35.5. The predicted molar refractivity (Wildman–Crippen MR) is 123 cm³/mol. The molecule has 1 aliphatic heterocycles. The van der Waals surface area contributed by atoms with Gasteiger partial charge in [0.1, 0.15) is 10.8 Å². The summed E-state index contributed by atoms with van der Waals surface area (Å²) in [5.74, 6) is -0.777. The number of anilines is 2. The summed E-state index contributed by atoms with van der Waals surface area (Å²) in [7, 11) is 0. The van der Waals surface area contributed by atoms with E-state index < -0.39 is 5.91 Å². The van der Waals surface area contributed by atoms with Crippen LogP contribution in [0, 0.1) is 12.7 Å². The number of nitrogens with one attached hydrogen (secondary N) is 2. The minimum atomic E-state index is -0.401. The van der Waals surface area contributed by atoms with Crippen LogP contribution in [0.25, 0.3) is 0 Å². The molecule has 3 amide bonds. The summed E-state index contributed by atoms with van der Waals surface area (Å²) in [6.45, 7) is 3.03. The minimum Gasteiger partial charge on any atom is -0.324 e. The molecule has 1 aliphatic rings. The highest BCUT2D eigenvalue weighted by molar-refractivity contribution is 7.13. The summed E-state index contributed by atoms with van der Waals surface area (Å²) in [6.07, 6.45) is 1.68. The van der Waals surface area contributed by atoms with Gasteiger partial charge in [0.05, 0.1) is 0 Å². The van der Waals surface area contributed by atoms with Crippen molar-refractivity contribution in [1.29, 1.82) is 0 Å². The summed E-state index contributed by atoms with van der Waals surface area (Å²) in [5.41, 5.74) is 2.06. The Labute approximate surface area is 193 Å². The maximum absolute atomic E-state index is 13.0. The molecule has 0 saturated carbocycles. The first-order chi connectivity index (χ1) is 15.4. The molecular weight excluding hydrogens is 453 g/mol. The summed E-state index contributed by atoms with van der Waals surface area (Å²) >= 11 is 7.35. The molecule has 2 aromatic carbocycles. The molecule has 7 nitrogen and oxygen atoms in total. The van der Waals surface area contributed by atoms with Crippen molar-refractivity contribution in [1.82, 2.24) is 15.1 Å². The van der Waals surface area contributed by atoms with Gasteiger partial charge < -0.3 is 15.5 Å². The third-order valence-corrected chi connectivity index (χ3v) is 6.71. The Hall–Kier alpha value is -3.04. The van der Waals surface area contributed by atoms with Gasteiger partial charge in [0, 0.05) is 35.4 Å². The van der Waals surface area contributed by atoms with Gasteiger partial charge in [-0.25, -0.2) is 9.18 Å². The Morgan fingerprint density at radius 1 is 1.12 bits per heavy atom. The summed E-state index contributed by atoms with van der Waals surface area (Å²) in [4.78, 5) is 26.9. The molecule has 32 heavy (non-hydrogen) atoms. The van der Waals surface area contributed by atoms with Crippen LogP contribution in [0.3, 0.4) is 0 Å². The molecule has 166 valence electrons. The Kier molecular flexibility index (Phi) is 6.66. The lowest BCUT2D eigenvalue weighted by atomic mass is 9.99. The normalized spacial score (nSPS) is 16.0. The van der Waals surface area contributed by atoms with E-state index in [1.165, 1.54) is 35.6 Å². The van der Waals surface area contributed by atoms with Gasteiger partial charge in [0.25, 0.3) is 5.91 Å². The van der Waals surface area contributed by atoms with Crippen molar-refractivity contribution in [2.45, 2.75) is 25.7 Å². The fourth-order valence-corrected chi connectivity index (χ4v) is 4.49. The molecule has 1 aromatic heterocycles. The van der Waals surface area contributed by atoms with Crippen molar-refractivity contribution >= 4 is 46.3 Å². The topological polar surface area (TPSA) is 87.2 Å². The van der Waals surface area contributed by atoms with E-state index >= 15 is 0 Å². The third kappa shape index (κ3) is 5.23. The number of nitrogens with zero attached hydrogens (tertiary/aromatic N) is 3. The molecule has 10 heteroatoms. The predicted octanol–water partition coefficient (Wildman–Crippen LogP) is 5.30. The van der Waals surface area contributed by atoms with E-state index in [1.54, 1.807) is 11.0 Å². The van der Waals surface area contributed by atoms with Crippen molar-refractivity contribution in [3.63, 3.8) is 0 Å². The van der Waals surface area contributed by atoms with Gasteiger partial charge in [-0.1, -0.05) is 29.0 Å². The lowest BCUT2D eigenvalue weighted by Crippen LogP contribution is -2.41. The number of amides is 3. The van der Waals surface area contributed by atoms with Crippen molar-refractivity contribution in [2.24, 2.45) is 0 Å². The number of aryl methyl sites for hydroxylation is 1. The summed E-state index contributed by atoms with van der Waals surface area (Å²) in [6, 6.07) is 10.7. The van der Waals surface area contributed by atoms with E-state index in [0.717, 1.165) is 18.4 Å². The maximum atomic E-state index is 13.0. The van der Waals surface area contributed by atoms with E-state index in [2.05, 4.69) is 20.8 Å². The highest BCUT2D eigenvalue weighted by Gasteiger charge is 2.28. The number of aromatic nitrogens is 2. The second-order valence-corrected chi connectivity index (χ2v) is 9.00. The monoisotopic (exact) mass is 473 g/mol. The van der Waals surface area contributed by atoms with E-state index in [9.17, 15) is 14.0 Å². The van der Waals surface area contributed by atoms with Gasteiger partial charge in [-0.15, -0.1) is 10.2 Å². The molecule has 2 heterocycles. The van der Waals surface area contributed by atoms with E-state index in [1.807, 2.05) is 19.1 Å². The van der Waals surface area contributed by atoms with Crippen LogP contribution in [-0.4, -0.2) is 40.1 Å². The number of piperidine rings is 1. The first-order valence-corrected chi connectivity index (χ1v) is 11.3. The van der Waals surface area contributed by atoms with E-state index in [0.29, 0.717) is 34.5 Å². The van der Waals surface area contributed by atoms with Crippen LogP contribution < -0.4 is 10.6 Å². The largest absolute Gasteiger partial charge is 0.324 e. The molecule has 1 saturated heterocycles. The standard InChI is InChI=1S/C22H21ClFN5O2S/c1-13-4-7-17(11-18(13)23)26-22(31)29-10-2-3-14(12-29)20-27-28-21(32-20)19(30)25-16-8-5-15(24)6-9-16/h4-9,11,14H,2-3,10,12H2,1H3,(H,25,30)(H,26,31)/t14-/m0/s1. The Bertz CT molecular complexity index is 1140. The molecule has 1 fully saturated rings. The number of benzene rings is 2. The van der Waals surface area contributed by atoms with Gasteiger partial charge in [-0.3, -0.25) is 4.79 Å². The molecule has 0 bridgehead atoms. The molecule has 0 spiro atoms. The number of rotatable bonds is 4. The van der Waals surface area contributed by atoms with Crippen molar-refractivity contribution in [2.75, 3.05) is 23.7 Å². The summed E-state index contributed by atoms with van der Waals surface area (Å²) in [5, 5.41) is 15.3.